The molecule has 1 aliphatic carbocycles. The summed E-state index contributed by atoms with van der Waals surface area (Å²) in [7, 11) is 0. The zero-order chi connectivity index (χ0) is 11.7. The number of pyridine rings is 1. The molecule has 2 aliphatic rings. The third-order valence-corrected chi connectivity index (χ3v) is 4.20. The summed E-state index contributed by atoms with van der Waals surface area (Å²) in [6.07, 6.45) is 7.13. The Kier molecular flexibility index (Phi) is 3.34. The van der Waals surface area contributed by atoms with Gasteiger partial charge >= 0.3 is 0 Å². The first kappa shape index (κ1) is 11.5. The van der Waals surface area contributed by atoms with Gasteiger partial charge in [-0.15, -0.1) is 0 Å². The molecule has 1 aromatic heterocycles. The topological polar surface area (TPSA) is 28.2 Å². The van der Waals surface area contributed by atoms with E-state index in [1.165, 1.54) is 32.2 Å². The molecule has 1 atom stereocenters. The van der Waals surface area contributed by atoms with Crippen LogP contribution in [0.4, 0.5) is 5.82 Å². The van der Waals surface area contributed by atoms with Gasteiger partial charge in [0.1, 0.15) is 5.82 Å². The number of rotatable bonds is 4. The van der Waals surface area contributed by atoms with E-state index in [9.17, 15) is 0 Å². The van der Waals surface area contributed by atoms with Crippen molar-refractivity contribution < 1.29 is 0 Å². The number of hydrogen-bond acceptors (Lipinski definition) is 3. The third kappa shape index (κ3) is 2.63. The highest BCUT2D eigenvalue weighted by Crippen LogP contribution is 2.34. The van der Waals surface area contributed by atoms with Crippen LogP contribution in [0, 0.1) is 0 Å². The lowest BCUT2D eigenvalue weighted by Gasteiger charge is -2.27. The van der Waals surface area contributed by atoms with E-state index >= 15 is 0 Å². The molecule has 2 heterocycles. The normalized spacial score (nSPS) is 23.9. The number of anilines is 1. The summed E-state index contributed by atoms with van der Waals surface area (Å²) in [6, 6.07) is 5.42. The van der Waals surface area contributed by atoms with Crippen LogP contribution in [0.5, 0.6) is 0 Å². The summed E-state index contributed by atoms with van der Waals surface area (Å²) in [5, 5.41) is 3.57. The number of hydrogen-bond donors (Lipinski definition) is 1. The molecule has 1 saturated heterocycles. The van der Waals surface area contributed by atoms with Crippen molar-refractivity contribution in [1.29, 1.82) is 0 Å². The van der Waals surface area contributed by atoms with Gasteiger partial charge in [0, 0.05) is 24.8 Å². The van der Waals surface area contributed by atoms with Crippen LogP contribution in [0.1, 0.15) is 25.7 Å². The van der Waals surface area contributed by atoms with E-state index in [4.69, 9.17) is 0 Å². The summed E-state index contributed by atoms with van der Waals surface area (Å²) in [4.78, 5) is 7.01. The van der Waals surface area contributed by atoms with Crippen LogP contribution >= 0.6 is 15.9 Å². The molecule has 0 amide bonds. The maximum Gasteiger partial charge on any atom is 0.143 e. The van der Waals surface area contributed by atoms with Gasteiger partial charge in [-0.25, -0.2) is 4.98 Å². The van der Waals surface area contributed by atoms with Crippen molar-refractivity contribution >= 4 is 21.7 Å². The minimum Gasteiger partial charge on any atom is -0.351 e. The van der Waals surface area contributed by atoms with E-state index in [2.05, 4.69) is 37.2 Å². The number of aromatic nitrogens is 1. The fourth-order valence-electron chi connectivity index (χ4n) is 2.53. The first-order valence-corrected chi connectivity index (χ1v) is 7.24. The lowest BCUT2D eigenvalue weighted by atomic mass is 10.2. The van der Waals surface area contributed by atoms with Gasteiger partial charge in [0.15, 0.2) is 0 Å². The fourth-order valence-corrected chi connectivity index (χ4v) is 3.02. The summed E-state index contributed by atoms with van der Waals surface area (Å²) in [5.74, 6) is 1.11. The van der Waals surface area contributed by atoms with E-state index in [0.29, 0.717) is 12.1 Å². The summed E-state index contributed by atoms with van der Waals surface area (Å²) in [6.45, 7) is 2.27. The van der Waals surface area contributed by atoms with Gasteiger partial charge in [0.25, 0.3) is 0 Å². The van der Waals surface area contributed by atoms with E-state index in [-0.39, 0.29) is 0 Å². The molecule has 1 aliphatic heterocycles. The predicted octanol–water partition coefficient (Wildman–Crippen LogP) is 2.56. The van der Waals surface area contributed by atoms with Crippen LogP contribution in [0.2, 0.25) is 0 Å². The predicted molar refractivity (Wildman–Crippen MR) is 73.3 cm³/mol. The van der Waals surface area contributed by atoms with E-state index < -0.39 is 0 Å². The molecule has 1 unspecified atom stereocenters. The molecule has 1 N–H and O–H groups in total. The second-order valence-corrected chi connectivity index (χ2v) is 5.84. The summed E-state index contributed by atoms with van der Waals surface area (Å²) < 4.78 is 1.12. The monoisotopic (exact) mass is 295 g/mol. The first-order chi connectivity index (χ1) is 8.34. The van der Waals surface area contributed by atoms with Crippen LogP contribution in [0.25, 0.3) is 0 Å². The van der Waals surface area contributed by atoms with Crippen molar-refractivity contribution in [2.45, 2.75) is 37.8 Å². The number of nitrogens with one attached hydrogen (secondary N) is 1. The Labute approximate surface area is 111 Å². The molecule has 4 heteroatoms. The van der Waals surface area contributed by atoms with Gasteiger partial charge in [-0.2, -0.15) is 0 Å². The Balaban J connectivity index is 1.77. The van der Waals surface area contributed by atoms with Crippen molar-refractivity contribution in [3.05, 3.63) is 22.8 Å². The van der Waals surface area contributed by atoms with E-state index in [0.717, 1.165) is 16.8 Å². The van der Waals surface area contributed by atoms with Crippen LogP contribution in [0.3, 0.4) is 0 Å². The van der Waals surface area contributed by atoms with Gasteiger partial charge in [0.2, 0.25) is 0 Å². The SMILES string of the molecule is Brc1cccnc1N(CC1CCCN1)C1CC1. The molecule has 0 radical (unpaired) electrons. The smallest absolute Gasteiger partial charge is 0.143 e. The lowest BCUT2D eigenvalue weighted by Crippen LogP contribution is -2.39. The second-order valence-electron chi connectivity index (χ2n) is 4.99. The average Bonchev–Trinajstić information content (AvgIpc) is 3.05. The van der Waals surface area contributed by atoms with Crippen molar-refractivity contribution in [2.75, 3.05) is 18.0 Å². The molecule has 92 valence electrons. The Morgan fingerprint density at radius 2 is 2.29 bits per heavy atom. The molecule has 3 rings (SSSR count). The van der Waals surface area contributed by atoms with Gasteiger partial charge in [0.05, 0.1) is 4.47 Å². The van der Waals surface area contributed by atoms with E-state index in [1.54, 1.807) is 0 Å². The average molecular weight is 296 g/mol. The Morgan fingerprint density at radius 1 is 1.41 bits per heavy atom. The van der Waals surface area contributed by atoms with Gasteiger partial charge < -0.3 is 10.2 Å². The molecule has 1 aromatic rings. The van der Waals surface area contributed by atoms with Gasteiger partial charge in [-0.1, -0.05) is 0 Å². The summed E-state index contributed by atoms with van der Waals surface area (Å²) in [5.41, 5.74) is 0. The highest BCUT2D eigenvalue weighted by molar-refractivity contribution is 9.10. The minimum absolute atomic E-state index is 0.643. The molecule has 0 bridgehead atoms. The number of halogens is 1. The van der Waals surface area contributed by atoms with Crippen molar-refractivity contribution in [2.24, 2.45) is 0 Å². The fraction of sp³-hybridized carbons (Fsp3) is 0.615. The van der Waals surface area contributed by atoms with E-state index in [1.807, 2.05) is 12.3 Å². The minimum atomic E-state index is 0.643. The van der Waals surface area contributed by atoms with Gasteiger partial charge in [-0.05, 0) is 60.3 Å². The Bertz CT molecular complexity index is 386. The molecule has 3 nitrogen and oxygen atoms in total. The molecule has 0 aromatic carbocycles. The highest BCUT2D eigenvalue weighted by Gasteiger charge is 2.33. The number of nitrogens with zero attached hydrogens (tertiary/aromatic N) is 2. The molecule has 0 spiro atoms. The maximum atomic E-state index is 4.53. The second kappa shape index (κ2) is 4.94. The maximum absolute atomic E-state index is 4.53. The molecular formula is C13H18BrN3. The lowest BCUT2D eigenvalue weighted by molar-refractivity contribution is 0.575. The van der Waals surface area contributed by atoms with Crippen LogP contribution < -0.4 is 10.2 Å². The van der Waals surface area contributed by atoms with Crippen LogP contribution in [-0.2, 0) is 0 Å². The van der Waals surface area contributed by atoms with Crippen molar-refractivity contribution in [3.8, 4) is 0 Å². The van der Waals surface area contributed by atoms with Gasteiger partial charge in [-0.3, -0.25) is 0 Å². The highest BCUT2D eigenvalue weighted by atomic mass is 79.9. The zero-order valence-electron chi connectivity index (χ0n) is 9.90. The van der Waals surface area contributed by atoms with Crippen molar-refractivity contribution in [3.63, 3.8) is 0 Å². The Morgan fingerprint density at radius 3 is 2.94 bits per heavy atom. The summed E-state index contributed by atoms with van der Waals surface area (Å²) >= 11 is 3.62. The Hall–Kier alpha value is -0.610. The molecule has 17 heavy (non-hydrogen) atoms. The van der Waals surface area contributed by atoms with Crippen LogP contribution in [-0.4, -0.2) is 30.2 Å². The molecule has 1 saturated carbocycles. The van der Waals surface area contributed by atoms with Crippen LogP contribution in [0.15, 0.2) is 22.8 Å². The zero-order valence-corrected chi connectivity index (χ0v) is 11.5. The largest absolute Gasteiger partial charge is 0.351 e. The molecular weight excluding hydrogens is 278 g/mol. The third-order valence-electron chi connectivity index (χ3n) is 3.58. The standard InChI is InChI=1S/C13H18BrN3/c14-12-4-2-8-16-13(12)17(11-5-6-11)9-10-3-1-7-15-10/h2,4,8,10-11,15H,1,3,5-7,9H2. The molecule has 2 fully saturated rings. The quantitative estimate of drug-likeness (QED) is 0.925. The van der Waals surface area contributed by atoms with Crippen molar-refractivity contribution in [1.82, 2.24) is 10.3 Å². The first-order valence-electron chi connectivity index (χ1n) is 6.45.